The van der Waals surface area contributed by atoms with Crippen molar-refractivity contribution in [2.24, 2.45) is 5.92 Å². The number of nitrogens with one attached hydrogen (secondary N) is 1. The molecular weight excluding hydrogens is 443 g/mol. The molecule has 0 radical (unpaired) electrons. The minimum absolute atomic E-state index is 0.0583. The van der Waals surface area contributed by atoms with Crippen LogP contribution in [0.15, 0.2) is 36.4 Å². The van der Waals surface area contributed by atoms with Crippen LogP contribution in [-0.2, 0) is 11.3 Å². The molecule has 7 heteroatoms. The van der Waals surface area contributed by atoms with Crippen LogP contribution in [-0.4, -0.2) is 28.7 Å². The highest BCUT2D eigenvalue weighted by Crippen LogP contribution is 2.34. The number of ketones is 1. The number of benzene rings is 2. The van der Waals surface area contributed by atoms with Gasteiger partial charge in [-0.15, -0.1) is 0 Å². The summed E-state index contributed by atoms with van der Waals surface area (Å²) in [6.07, 6.45) is 1.63. The molecule has 0 aliphatic carbocycles. The fourth-order valence-corrected chi connectivity index (χ4v) is 4.28. The van der Waals surface area contributed by atoms with E-state index >= 15 is 0 Å². The number of carbonyl (C=O) groups excluding carboxylic acids is 2. The Hall–Kier alpha value is -1.59. The Kier molecular flexibility index (Phi) is 7.13. The smallest absolute Gasteiger partial charge is 0.244 e. The summed E-state index contributed by atoms with van der Waals surface area (Å²) in [6, 6.07) is 10.5. The fraction of sp³-hybridized carbons (Fsp3) is 0.391. The number of carbonyl (C=O) groups is 2. The van der Waals surface area contributed by atoms with Gasteiger partial charge >= 0.3 is 0 Å². The number of anilines is 1. The lowest BCUT2D eigenvalue weighted by Crippen LogP contribution is -2.50. The number of amides is 1. The lowest BCUT2D eigenvalue weighted by atomic mass is 9.95. The van der Waals surface area contributed by atoms with E-state index in [0.29, 0.717) is 32.9 Å². The fourth-order valence-electron chi connectivity index (χ4n) is 3.79. The van der Waals surface area contributed by atoms with E-state index in [0.717, 1.165) is 24.9 Å². The SMILES string of the molecule is CC(C)C(=O)c1cc(Cl)ccc1NC(=O)[C@@]1(C)CCCN1Cc1ccc(Cl)c(Cl)c1. The van der Waals surface area contributed by atoms with Crippen molar-refractivity contribution in [1.29, 1.82) is 0 Å². The number of likely N-dealkylation sites (tertiary alicyclic amines) is 1. The van der Waals surface area contributed by atoms with Crippen molar-refractivity contribution < 1.29 is 9.59 Å². The average molecular weight is 468 g/mol. The monoisotopic (exact) mass is 466 g/mol. The summed E-state index contributed by atoms with van der Waals surface area (Å²) in [5.74, 6) is -0.399. The highest BCUT2D eigenvalue weighted by atomic mass is 35.5. The summed E-state index contributed by atoms with van der Waals surface area (Å²) < 4.78 is 0. The number of halogens is 3. The molecule has 1 aliphatic heterocycles. The third-order valence-electron chi connectivity index (χ3n) is 5.66. The van der Waals surface area contributed by atoms with Gasteiger partial charge in [0.25, 0.3) is 0 Å². The van der Waals surface area contributed by atoms with Gasteiger partial charge in [-0.1, -0.05) is 54.7 Å². The van der Waals surface area contributed by atoms with Crippen LogP contribution in [0.1, 0.15) is 49.5 Å². The predicted molar refractivity (Wildman–Crippen MR) is 124 cm³/mol. The van der Waals surface area contributed by atoms with Crippen LogP contribution in [0.2, 0.25) is 15.1 Å². The molecule has 1 amide bonds. The van der Waals surface area contributed by atoms with E-state index in [-0.39, 0.29) is 17.6 Å². The normalized spacial score (nSPS) is 19.3. The summed E-state index contributed by atoms with van der Waals surface area (Å²) in [6.45, 7) is 6.96. The lowest BCUT2D eigenvalue weighted by molar-refractivity contribution is -0.125. The zero-order valence-electron chi connectivity index (χ0n) is 17.3. The number of hydrogen-bond donors (Lipinski definition) is 1. The molecule has 1 saturated heterocycles. The number of nitrogens with zero attached hydrogens (tertiary/aromatic N) is 1. The Labute approximate surface area is 192 Å². The molecule has 0 bridgehead atoms. The molecule has 4 nitrogen and oxygen atoms in total. The van der Waals surface area contributed by atoms with Crippen molar-refractivity contribution in [3.63, 3.8) is 0 Å². The molecule has 0 aromatic heterocycles. The van der Waals surface area contributed by atoms with Crippen molar-refractivity contribution in [3.05, 3.63) is 62.6 Å². The van der Waals surface area contributed by atoms with E-state index in [4.69, 9.17) is 34.8 Å². The first kappa shape index (κ1) is 23.1. The van der Waals surface area contributed by atoms with Crippen molar-refractivity contribution in [2.45, 2.75) is 45.7 Å². The lowest BCUT2D eigenvalue weighted by Gasteiger charge is -2.34. The molecule has 0 unspecified atom stereocenters. The third kappa shape index (κ3) is 4.83. The van der Waals surface area contributed by atoms with Gasteiger partial charge in [-0.2, -0.15) is 0 Å². The van der Waals surface area contributed by atoms with E-state index in [1.54, 1.807) is 24.3 Å². The second-order valence-corrected chi connectivity index (χ2v) is 9.46. The van der Waals surface area contributed by atoms with E-state index in [1.165, 1.54) is 0 Å². The van der Waals surface area contributed by atoms with Crippen molar-refractivity contribution >= 4 is 52.2 Å². The summed E-state index contributed by atoms with van der Waals surface area (Å²) in [7, 11) is 0. The summed E-state index contributed by atoms with van der Waals surface area (Å²) in [4.78, 5) is 28.1. The van der Waals surface area contributed by atoms with Crippen molar-refractivity contribution in [3.8, 4) is 0 Å². The van der Waals surface area contributed by atoms with Crippen molar-refractivity contribution in [2.75, 3.05) is 11.9 Å². The van der Waals surface area contributed by atoms with Gasteiger partial charge in [-0.3, -0.25) is 14.5 Å². The number of rotatable bonds is 6. The summed E-state index contributed by atoms with van der Waals surface area (Å²) in [5.41, 5.74) is 1.21. The average Bonchev–Trinajstić information content (AvgIpc) is 3.07. The van der Waals surface area contributed by atoms with Crippen LogP contribution in [0.5, 0.6) is 0 Å². The molecule has 30 heavy (non-hydrogen) atoms. The molecule has 1 atom stereocenters. The molecule has 0 saturated carbocycles. The van der Waals surface area contributed by atoms with Crippen molar-refractivity contribution in [1.82, 2.24) is 4.90 Å². The minimum atomic E-state index is -0.704. The Morgan fingerprint density at radius 2 is 1.83 bits per heavy atom. The second kappa shape index (κ2) is 9.27. The van der Waals surface area contributed by atoms with Crippen LogP contribution >= 0.6 is 34.8 Å². The Morgan fingerprint density at radius 1 is 1.10 bits per heavy atom. The highest BCUT2D eigenvalue weighted by molar-refractivity contribution is 6.42. The molecule has 1 heterocycles. The first-order valence-electron chi connectivity index (χ1n) is 9.96. The quantitative estimate of drug-likeness (QED) is 0.495. The maximum Gasteiger partial charge on any atom is 0.244 e. The van der Waals surface area contributed by atoms with Gasteiger partial charge in [0.05, 0.1) is 21.3 Å². The maximum atomic E-state index is 13.3. The van der Waals surface area contributed by atoms with E-state index in [9.17, 15) is 9.59 Å². The molecular formula is C23H25Cl3N2O2. The second-order valence-electron chi connectivity index (χ2n) is 8.21. The molecule has 2 aromatic rings. The van der Waals surface area contributed by atoms with Crippen LogP contribution in [0, 0.1) is 5.92 Å². The first-order chi connectivity index (χ1) is 14.1. The molecule has 160 valence electrons. The van der Waals surface area contributed by atoms with Gasteiger partial charge < -0.3 is 5.32 Å². The van der Waals surface area contributed by atoms with Crippen LogP contribution in [0.25, 0.3) is 0 Å². The van der Waals surface area contributed by atoms with Gasteiger partial charge in [-0.05, 0) is 62.2 Å². The standard InChI is InChI=1S/C23H25Cl3N2O2/c1-14(2)21(29)17-12-16(24)6-8-20(17)27-22(30)23(3)9-4-10-28(23)13-15-5-7-18(25)19(26)11-15/h5-8,11-12,14H,4,9-10,13H2,1-3H3,(H,27,30)/t23-/m1/s1. The summed E-state index contributed by atoms with van der Waals surface area (Å²) >= 11 is 18.3. The van der Waals surface area contributed by atoms with E-state index < -0.39 is 5.54 Å². The van der Waals surface area contributed by atoms with Gasteiger partial charge in [-0.25, -0.2) is 0 Å². The molecule has 3 rings (SSSR count). The molecule has 1 aliphatic rings. The van der Waals surface area contributed by atoms with Gasteiger partial charge in [0.15, 0.2) is 5.78 Å². The van der Waals surface area contributed by atoms with E-state index in [1.807, 2.05) is 32.9 Å². The van der Waals surface area contributed by atoms with E-state index in [2.05, 4.69) is 10.2 Å². The zero-order chi connectivity index (χ0) is 22.1. The highest BCUT2D eigenvalue weighted by Gasteiger charge is 2.43. The Morgan fingerprint density at radius 3 is 2.50 bits per heavy atom. The van der Waals surface area contributed by atoms with Gasteiger partial charge in [0.1, 0.15) is 0 Å². The number of hydrogen-bond acceptors (Lipinski definition) is 3. The maximum absolute atomic E-state index is 13.3. The third-order valence-corrected chi connectivity index (χ3v) is 6.63. The first-order valence-corrected chi connectivity index (χ1v) is 11.1. The molecule has 0 spiro atoms. The zero-order valence-corrected chi connectivity index (χ0v) is 19.5. The number of Topliss-reactive ketones (excluding diaryl/α,β-unsaturated/α-hetero) is 1. The van der Waals surface area contributed by atoms with Crippen LogP contribution < -0.4 is 5.32 Å². The summed E-state index contributed by atoms with van der Waals surface area (Å²) in [5, 5.41) is 4.45. The van der Waals surface area contributed by atoms with Gasteiger partial charge in [0, 0.05) is 23.0 Å². The molecule has 1 N–H and O–H groups in total. The Balaban J connectivity index is 1.83. The van der Waals surface area contributed by atoms with Crippen LogP contribution in [0.4, 0.5) is 5.69 Å². The minimum Gasteiger partial charge on any atom is -0.324 e. The Bertz CT molecular complexity index is 977. The topological polar surface area (TPSA) is 49.4 Å². The van der Waals surface area contributed by atoms with Crippen LogP contribution in [0.3, 0.4) is 0 Å². The largest absolute Gasteiger partial charge is 0.324 e. The van der Waals surface area contributed by atoms with Gasteiger partial charge in [0.2, 0.25) is 5.91 Å². The molecule has 2 aromatic carbocycles. The molecule has 1 fully saturated rings. The predicted octanol–water partition coefficient (Wildman–Crippen LogP) is 6.48.